The highest BCUT2D eigenvalue weighted by molar-refractivity contribution is 7.99. The molecule has 0 saturated heterocycles. The Labute approximate surface area is 109 Å². The number of hydrogen-bond acceptors (Lipinski definition) is 2. The van der Waals surface area contributed by atoms with Crippen LogP contribution in [-0.4, -0.2) is 22.1 Å². The zero-order valence-electron chi connectivity index (χ0n) is 11.0. The van der Waals surface area contributed by atoms with E-state index in [2.05, 4.69) is 41.5 Å². The molecule has 17 heavy (non-hydrogen) atoms. The molecule has 1 aromatic heterocycles. The molecule has 2 nitrogen and oxygen atoms in total. The van der Waals surface area contributed by atoms with Gasteiger partial charge in [-0.2, -0.15) is 11.8 Å². The second-order valence-corrected chi connectivity index (χ2v) is 6.08. The summed E-state index contributed by atoms with van der Waals surface area (Å²) < 4.78 is 2.24. The SMILES string of the molecule is CCn1ccc(CNC2CCC(SC)CC2)c1. The molecule has 1 saturated carbocycles. The minimum absolute atomic E-state index is 0.739. The molecule has 1 fully saturated rings. The summed E-state index contributed by atoms with van der Waals surface area (Å²) in [7, 11) is 0. The van der Waals surface area contributed by atoms with Gasteiger partial charge in [0.15, 0.2) is 0 Å². The molecule has 96 valence electrons. The Hall–Kier alpha value is -0.410. The lowest BCUT2D eigenvalue weighted by Crippen LogP contribution is -2.33. The van der Waals surface area contributed by atoms with Gasteiger partial charge in [0.1, 0.15) is 0 Å². The van der Waals surface area contributed by atoms with E-state index in [1.54, 1.807) is 0 Å². The molecule has 1 aliphatic carbocycles. The Morgan fingerprint density at radius 3 is 2.71 bits per heavy atom. The molecule has 0 amide bonds. The van der Waals surface area contributed by atoms with E-state index >= 15 is 0 Å². The first-order valence-corrected chi connectivity index (χ1v) is 8.01. The van der Waals surface area contributed by atoms with Crippen LogP contribution in [0.15, 0.2) is 18.5 Å². The highest BCUT2D eigenvalue weighted by atomic mass is 32.2. The summed E-state index contributed by atoms with van der Waals surface area (Å²) in [6.07, 6.45) is 12.1. The van der Waals surface area contributed by atoms with Crippen LogP contribution in [-0.2, 0) is 13.1 Å². The number of aromatic nitrogens is 1. The van der Waals surface area contributed by atoms with Crippen LogP contribution in [0.4, 0.5) is 0 Å². The highest BCUT2D eigenvalue weighted by Gasteiger charge is 2.19. The third-order valence-electron chi connectivity index (χ3n) is 3.78. The maximum atomic E-state index is 3.70. The summed E-state index contributed by atoms with van der Waals surface area (Å²) in [5, 5.41) is 4.61. The van der Waals surface area contributed by atoms with Crippen molar-refractivity contribution in [1.29, 1.82) is 0 Å². The summed E-state index contributed by atoms with van der Waals surface area (Å²) >= 11 is 2.04. The molecule has 0 aromatic carbocycles. The lowest BCUT2D eigenvalue weighted by molar-refractivity contribution is 0.379. The van der Waals surface area contributed by atoms with Crippen molar-refractivity contribution < 1.29 is 0 Å². The molecule has 1 aliphatic rings. The maximum absolute atomic E-state index is 3.70. The van der Waals surface area contributed by atoms with Gasteiger partial charge >= 0.3 is 0 Å². The minimum atomic E-state index is 0.739. The predicted octanol–water partition coefficient (Wildman–Crippen LogP) is 3.27. The zero-order chi connectivity index (χ0) is 12.1. The quantitative estimate of drug-likeness (QED) is 0.866. The number of thioether (sulfide) groups is 1. The van der Waals surface area contributed by atoms with Gasteiger partial charge in [-0.05, 0) is 50.5 Å². The first-order valence-electron chi connectivity index (χ1n) is 6.72. The van der Waals surface area contributed by atoms with Crippen LogP contribution < -0.4 is 5.32 Å². The second kappa shape index (κ2) is 6.50. The zero-order valence-corrected chi connectivity index (χ0v) is 11.8. The third-order valence-corrected chi connectivity index (χ3v) is 4.92. The molecule has 0 aliphatic heterocycles. The van der Waals surface area contributed by atoms with Gasteiger partial charge in [-0.1, -0.05) is 0 Å². The first-order chi connectivity index (χ1) is 8.31. The average molecular weight is 252 g/mol. The molecule has 0 radical (unpaired) electrons. The van der Waals surface area contributed by atoms with Crippen molar-refractivity contribution in [3.63, 3.8) is 0 Å². The van der Waals surface area contributed by atoms with Crippen LogP contribution in [0.1, 0.15) is 38.2 Å². The lowest BCUT2D eigenvalue weighted by atomic mass is 9.95. The maximum Gasteiger partial charge on any atom is 0.0223 e. The van der Waals surface area contributed by atoms with Gasteiger partial charge in [-0.25, -0.2) is 0 Å². The first kappa shape index (κ1) is 13.0. The molecule has 1 heterocycles. The van der Waals surface area contributed by atoms with E-state index in [9.17, 15) is 0 Å². The summed E-state index contributed by atoms with van der Waals surface area (Å²) in [5.41, 5.74) is 1.42. The standard InChI is InChI=1S/C14H24N2S/c1-3-16-9-8-12(11-16)10-15-13-4-6-14(17-2)7-5-13/h8-9,11,13-15H,3-7,10H2,1-2H3. The van der Waals surface area contributed by atoms with Gasteiger partial charge in [0.2, 0.25) is 0 Å². The van der Waals surface area contributed by atoms with Crippen molar-refractivity contribution in [3.05, 3.63) is 24.0 Å². The Morgan fingerprint density at radius 1 is 1.35 bits per heavy atom. The topological polar surface area (TPSA) is 17.0 Å². The van der Waals surface area contributed by atoms with Gasteiger partial charge in [-0.15, -0.1) is 0 Å². The minimum Gasteiger partial charge on any atom is -0.354 e. The van der Waals surface area contributed by atoms with Crippen molar-refractivity contribution in [1.82, 2.24) is 9.88 Å². The van der Waals surface area contributed by atoms with Crippen LogP contribution in [0.2, 0.25) is 0 Å². The van der Waals surface area contributed by atoms with E-state index in [-0.39, 0.29) is 0 Å². The van der Waals surface area contributed by atoms with Crippen molar-refractivity contribution >= 4 is 11.8 Å². The molecule has 0 bridgehead atoms. The van der Waals surface area contributed by atoms with Gasteiger partial charge in [0.05, 0.1) is 0 Å². The van der Waals surface area contributed by atoms with Crippen molar-refractivity contribution in [3.8, 4) is 0 Å². The molecule has 1 N–H and O–H groups in total. The molecule has 0 atom stereocenters. The number of nitrogens with one attached hydrogen (secondary N) is 1. The number of rotatable bonds is 5. The van der Waals surface area contributed by atoms with Crippen molar-refractivity contribution in [2.45, 2.75) is 57.0 Å². The lowest BCUT2D eigenvalue weighted by Gasteiger charge is -2.28. The molecule has 0 spiro atoms. The fourth-order valence-electron chi connectivity index (χ4n) is 2.56. The van der Waals surface area contributed by atoms with E-state index in [0.717, 1.165) is 24.4 Å². The molecule has 2 rings (SSSR count). The Kier molecular flexibility index (Phi) is 4.99. The Balaban J connectivity index is 1.72. The van der Waals surface area contributed by atoms with Crippen LogP contribution in [0, 0.1) is 0 Å². The molecule has 3 heteroatoms. The summed E-state index contributed by atoms with van der Waals surface area (Å²) in [4.78, 5) is 0. The average Bonchev–Trinajstić information content (AvgIpc) is 2.85. The largest absolute Gasteiger partial charge is 0.354 e. The van der Waals surface area contributed by atoms with E-state index in [4.69, 9.17) is 0 Å². The summed E-state index contributed by atoms with van der Waals surface area (Å²) in [5.74, 6) is 0. The molecule has 1 aromatic rings. The van der Waals surface area contributed by atoms with Gasteiger partial charge in [0, 0.05) is 36.8 Å². The number of aryl methyl sites for hydroxylation is 1. The molecular formula is C14H24N2S. The van der Waals surface area contributed by atoms with Crippen LogP contribution in [0.5, 0.6) is 0 Å². The summed E-state index contributed by atoms with van der Waals surface area (Å²) in [6.45, 7) is 4.28. The Morgan fingerprint density at radius 2 is 2.12 bits per heavy atom. The van der Waals surface area contributed by atoms with Crippen LogP contribution in [0.25, 0.3) is 0 Å². The second-order valence-electron chi connectivity index (χ2n) is 4.94. The van der Waals surface area contributed by atoms with Gasteiger partial charge in [-0.3, -0.25) is 0 Å². The van der Waals surface area contributed by atoms with E-state index in [0.29, 0.717) is 0 Å². The van der Waals surface area contributed by atoms with E-state index in [1.807, 2.05) is 11.8 Å². The summed E-state index contributed by atoms with van der Waals surface area (Å²) in [6, 6.07) is 2.97. The van der Waals surface area contributed by atoms with Crippen LogP contribution >= 0.6 is 11.8 Å². The fourth-order valence-corrected chi connectivity index (χ4v) is 3.30. The predicted molar refractivity (Wildman–Crippen MR) is 76.5 cm³/mol. The highest BCUT2D eigenvalue weighted by Crippen LogP contribution is 2.26. The third kappa shape index (κ3) is 3.78. The van der Waals surface area contributed by atoms with Crippen molar-refractivity contribution in [2.75, 3.05) is 6.26 Å². The van der Waals surface area contributed by atoms with Crippen LogP contribution in [0.3, 0.4) is 0 Å². The molecule has 0 unspecified atom stereocenters. The van der Waals surface area contributed by atoms with E-state index < -0.39 is 0 Å². The van der Waals surface area contributed by atoms with E-state index in [1.165, 1.54) is 31.2 Å². The van der Waals surface area contributed by atoms with Gasteiger partial charge < -0.3 is 9.88 Å². The molecular weight excluding hydrogens is 228 g/mol. The number of hydrogen-bond donors (Lipinski definition) is 1. The smallest absolute Gasteiger partial charge is 0.0223 e. The fraction of sp³-hybridized carbons (Fsp3) is 0.714. The van der Waals surface area contributed by atoms with Gasteiger partial charge in [0.25, 0.3) is 0 Å². The monoisotopic (exact) mass is 252 g/mol. The number of nitrogens with zero attached hydrogens (tertiary/aromatic N) is 1. The van der Waals surface area contributed by atoms with Crippen molar-refractivity contribution in [2.24, 2.45) is 0 Å². The normalized spacial score (nSPS) is 25.1. The Bertz CT molecular complexity index is 327.